The molecule has 3 N–H and O–H groups in total. The van der Waals surface area contributed by atoms with Gasteiger partial charge in [-0.2, -0.15) is 0 Å². The van der Waals surface area contributed by atoms with Crippen molar-refractivity contribution < 1.29 is 14.6 Å². The van der Waals surface area contributed by atoms with Crippen LogP contribution < -0.4 is 15.4 Å². The predicted octanol–water partition coefficient (Wildman–Crippen LogP) is 3.79. The second-order valence-corrected chi connectivity index (χ2v) is 6.38. The van der Waals surface area contributed by atoms with Crippen LogP contribution in [0.3, 0.4) is 0 Å². The molecule has 3 rings (SSSR count). The zero-order valence-corrected chi connectivity index (χ0v) is 14.4. The number of aliphatic hydroxyl groups is 1. The molecule has 132 valence electrons. The van der Waals surface area contributed by atoms with Gasteiger partial charge >= 0.3 is 6.03 Å². The van der Waals surface area contributed by atoms with Gasteiger partial charge in [-0.1, -0.05) is 30.3 Å². The first kappa shape index (κ1) is 17.3. The summed E-state index contributed by atoms with van der Waals surface area (Å²) in [6, 6.07) is 15.4. The fraction of sp³-hybridized carbons (Fsp3) is 0.350. The molecular weight excluding hydrogens is 316 g/mol. The van der Waals surface area contributed by atoms with E-state index in [-0.39, 0.29) is 18.2 Å². The van der Waals surface area contributed by atoms with E-state index in [0.717, 1.165) is 48.2 Å². The third kappa shape index (κ3) is 4.51. The number of methoxy groups -OCH3 is 1. The normalized spacial score (nSPS) is 19.9. The van der Waals surface area contributed by atoms with Crippen LogP contribution in [-0.2, 0) is 0 Å². The van der Waals surface area contributed by atoms with Gasteiger partial charge in [0, 0.05) is 17.3 Å². The van der Waals surface area contributed by atoms with Crippen LogP contribution in [0.25, 0.3) is 11.1 Å². The summed E-state index contributed by atoms with van der Waals surface area (Å²) >= 11 is 0. The Hall–Kier alpha value is -2.53. The standard InChI is InChI=1S/C20H24N2O3/c1-25-19-8-3-2-7-18(19)14-5-4-6-16(13-14)22-20(24)21-15-9-11-17(23)12-10-15/h2-8,13,15,17,23H,9-12H2,1H3,(H2,21,22,24). The fourth-order valence-corrected chi connectivity index (χ4v) is 3.22. The summed E-state index contributed by atoms with van der Waals surface area (Å²) in [6.07, 6.45) is 2.90. The Bertz CT molecular complexity index is 724. The highest BCUT2D eigenvalue weighted by Crippen LogP contribution is 2.31. The summed E-state index contributed by atoms with van der Waals surface area (Å²) in [5.74, 6) is 0.796. The number of rotatable bonds is 4. The lowest BCUT2D eigenvalue weighted by Gasteiger charge is -2.26. The molecule has 2 aromatic rings. The van der Waals surface area contributed by atoms with Crippen molar-refractivity contribution in [1.82, 2.24) is 5.32 Å². The van der Waals surface area contributed by atoms with E-state index in [4.69, 9.17) is 4.74 Å². The fourth-order valence-electron chi connectivity index (χ4n) is 3.22. The minimum Gasteiger partial charge on any atom is -0.496 e. The van der Waals surface area contributed by atoms with Crippen LogP contribution in [0.1, 0.15) is 25.7 Å². The van der Waals surface area contributed by atoms with Gasteiger partial charge in [0.1, 0.15) is 5.75 Å². The van der Waals surface area contributed by atoms with Crippen LogP contribution in [-0.4, -0.2) is 30.4 Å². The van der Waals surface area contributed by atoms with Gasteiger partial charge in [0.05, 0.1) is 13.2 Å². The smallest absolute Gasteiger partial charge is 0.319 e. The van der Waals surface area contributed by atoms with Crippen molar-refractivity contribution in [3.05, 3.63) is 48.5 Å². The summed E-state index contributed by atoms with van der Waals surface area (Å²) < 4.78 is 5.41. The van der Waals surface area contributed by atoms with Gasteiger partial charge in [0.2, 0.25) is 0 Å². The topological polar surface area (TPSA) is 70.6 Å². The molecule has 0 bridgehead atoms. The number of amides is 2. The molecule has 1 aliphatic rings. The average Bonchev–Trinajstić information content (AvgIpc) is 2.64. The molecular formula is C20H24N2O3. The Morgan fingerprint density at radius 2 is 1.84 bits per heavy atom. The monoisotopic (exact) mass is 340 g/mol. The van der Waals surface area contributed by atoms with Gasteiger partial charge < -0.3 is 20.5 Å². The number of carbonyl (C=O) groups is 1. The number of aliphatic hydroxyl groups excluding tert-OH is 1. The molecule has 0 saturated heterocycles. The first-order valence-corrected chi connectivity index (χ1v) is 8.65. The molecule has 2 amide bonds. The predicted molar refractivity (Wildman–Crippen MR) is 98.8 cm³/mol. The summed E-state index contributed by atoms with van der Waals surface area (Å²) in [5, 5.41) is 15.4. The molecule has 0 atom stereocenters. The Morgan fingerprint density at radius 3 is 2.60 bits per heavy atom. The molecule has 5 heteroatoms. The number of hydrogen-bond acceptors (Lipinski definition) is 3. The largest absolute Gasteiger partial charge is 0.496 e. The Kier molecular flexibility index (Phi) is 5.56. The molecule has 5 nitrogen and oxygen atoms in total. The van der Waals surface area contributed by atoms with Crippen LogP contribution in [0.2, 0.25) is 0 Å². The lowest BCUT2D eigenvalue weighted by Crippen LogP contribution is -2.40. The first-order chi connectivity index (χ1) is 12.2. The molecule has 1 aliphatic carbocycles. The summed E-state index contributed by atoms with van der Waals surface area (Å²) in [6.45, 7) is 0. The third-order valence-electron chi connectivity index (χ3n) is 4.57. The number of ether oxygens (including phenoxy) is 1. The number of urea groups is 1. The number of carbonyl (C=O) groups excluding carboxylic acids is 1. The van der Waals surface area contributed by atoms with E-state index in [1.807, 2.05) is 48.5 Å². The van der Waals surface area contributed by atoms with E-state index in [1.54, 1.807) is 7.11 Å². The summed E-state index contributed by atoms with van der Waals surface area (Å²) in [5.41, 5.74) is 2.70. The zero-order chi connectivity index (χ0) is 17.6. The highest BCUT2D eigenvalue weighted by atomic mass is 16.5. The van der Waals surface area contributed by atoms with E-state index in [1.165, 1.54) is 0 Å². The second kappa shape index (κ2) is 8.03. The van der Waals surface area contributed by atoms with Gasteiger partial charge in [-0.25, -0.2) is 4.79 Å². The van der Waals surface area contributed by atoms with Crippen molar-refractivity contribution in [1.29, 1.82) is 0 Å². The van der Waals surface area contributed by atoms with Crippen LogP contribution in [0, 0.1) is 0 Å². The minimum absolute atomic E-state index is 0.126. The van der Waals surface area contributed by atoms with E-state index >= 15 is 0 Å². The lowest BCUT2D eigenvalue weighted by atomic mass is 9.93. The van der Waals surface area contributed by atoms with Crippen LogP contribution in [0.4, 0.5) is 10.5 Å². The van der Waals surface area contributed by atoms with Gasteiger partial charge in [-0.05, 0) is 49.4 Å². The van der Waals surface area contributed by atoms with Crippen molar-refractivity contribution in [2.24, 2.45) is 0 Å². The Labute approximate surface area is 148 Å². The zero-order valence-electron chi connectivity index (χ0n) is 14.4. The van der Waals surface area contributed by atoms with Crippen LogP contribution >= 0.6 is 0 Å². The number of benzene rings is 2. The minimum atomic E-state index is -0.223. The van der Waals surface area contributed by atoms with Crippen molar-refractivity contribution >= 4 is 11.7 Å². The van der Waals surface area contributed by atoms with Crippen molar-refractivity contribution in [3.8, 4) is 16.9 Å². The quantitative estimate of drug-likeness (QED) is 0.793. The number of anilines is 1. The van der Waals surface area contributed by atoms with Crippen molar-refractivity contribution in [3.63, 3.8) is 0 Å². The van der Waals surface area contributed by atoms with Gasteiger partial charge in [-0.15, -0.1) is 0 Å². The lowest BCUT2D eigenvalue weighted by molar-refractivity contribution is 0.118. The summed E-state index contributed by atoms with van der Waals surface area (Å²) in [7, 11) is 1.65. The van der Waals surface area contributed by atoms with E-state index < -0.39 is 0 Å². The number of para-hydroxylation sites is 1. The van der Waals surface area contributed by atoms with Crippen molar-refractivity contribution in [2.75, 3.05) is 12.4 Å². The third-order valence-corrected chi connectivity index (χ3v) is 4.57. The Morgan fingerprint density at radius 1 is 1.08 bits per heavy atom. The molecule has 2 aromatic carbocycles. The second-order valence-electron chi connectivity index (χ2n) is 6.38. The molecule has 0 radical (unpaired) electrons. The van der Waals surface area contributed by atoms with Crippen LogP contribution in [0.5, 0.6) is 5.75 Å². The van der Waals surface area contributed by atoms with Gasteiger partial charge in [-0.3, -0.25) is 0 Å². The van der Waals surface area contributed by atoms with Gasteiger partial charge in [0.25, 0.3) is 0 Å². The molecule has 0 aliphatic heterocycles. The molecule has 1 saturated carbocycles. The number of nitrogens with one attached hydrogen (secondary N) is 2. The highest BCUT2D eigenvalue weighted by Gasteiger charge is 2.20. The maximum absolute atomic E-state index is 12.2. The molecule has 0 unspecified atom stereocenters. The van der Waals surface area contributed by atoms with E-state index in [0.29, 0.717) is 0 Å². The van der Waals surface area contributed by atoms with E-state index in [9.17, 15) is 9.90 Å². The van der Waals surface area contributed by atoms with Gasteiger partial charge in [0.15, 0.2) is 0 Å². The number of hydrogen-bond donors (Lipinski definition) is 3. The first-order valence-electron chi connectivity index (χ1n) is 8.65. The average molecular weight is 340 g/mol. The molecule has 0 aromatic heterocycles. The molecule has 0 spiro atoms. The molecule has 0 heterocycles. The van der Waals surface area contributed by atoms with Crippen molar-refractivity contribution in [2.45, 2.75) is 37.8 Å². The Balaban J connectivity index is 1.66. The maximum Gasteiger partial charge on any atom is 0.319 e. The highest BCUT2D eigenvalue weighted by molar-refractivity contribution is 5.90. The van der Waals surface area contributed by atoms with Crippen LogP contribution in [0.15, 0.2) is 48.5 Å². The summed E-state index contributed by atoms with van der Waals surface area (Å²) in [4.78, 5) is 12.2. The molecule has 1 fully saturated rings. The van der Waals surface area contributed by atoms with E-state index in [2.05, 4.69) is 10.6 Å². The maximum atomic E-state index is 12.2. The molecule has 25 heavy (non-hydrogen) atoms. The SMILES string of the molecule is COc1ccccc1-c1cccc(NC(=O)NC2CCC(O)CC2)c1.